The molecule has 0 radical (unpaired) electrons. The molecule has 3 nitrogen and oxygen atoms in total. The van der Waals surface area contributed by atoms with Crippen LogP contribution in [0.5, 0.6) is 0 Å². The lowest BCUT2D eigenvalue weighted by atomic mass is 10.1. The van der Waals surface area contributed by atoms with E-state index < -0.39 is 0 Å². The van der Waals surface area contributed by atoms with Crippen LogP contribution < -0.4 is 5.32 Å². The van der Waals surface area contributed by atoms with Gasteiger partial charge in [0.25, 0.3) is 5.91 Å². The van der Waals surface area contributed by atoms with Crippen molar-refractivity contribution in [3.63, 3.8) is 0 Å². The van der Waals surface area contributed by atoms with Gasteiger partial charge in [0, 0.05) is 17.4 Å². The summed E-state index contributed by atoms with van der Waals surface area (Å²) in [7, 11) is 0. The lowest BCUT2D eigenvalue weighted by molar-refractivity contribution is 0.0946. The van der Waals surface area contributed by atoms with E-state index in [-0.39, 0.29) is 11.7 Å². The second kappa shape index (κ2) is 5.40. The topological polar surface area (TPSA) is 44.9 Å². The Morgan fingerprint density at radius 1 is 1.19 bits per heavy atom. The summed E-state index contributed by atoms with van der Waals surface area (Å²) in [5.41, 5.74) is 3.39. The molecule has 1 heterocycles. The SMILES string of the molecule is Cc1ccccc1CNC(=O)c1cc2cc(F)ccc2[nH]1. The highest BCUT2D eigenvalue weighted by Gasteiger charge is 2.10. The molecule has 0 aliphatic rings. The smallest absolute Gasteiger partial charge is 0.267 e. The van der Waals surface area contributed by atoms with E-state index in [2.05, 4.69) is 10.3 Å². The number of aromatic nitrogens is 1. The van der Waals surface area contributed by atoms with Gasteiger partial charge in [-0.05, 0) is 42.3 Å². The molecule has 3 aromatic rings. The van der Waals surface area contributed by atoms with Crippen LogP contribution in [0.2, 0.25) is 0 Å². The van der Waals surface area contributed by atoms with Crippen molar-refractivity contribution in [2.24, 2.45) is 0 Å². The largest absolute Gasteiger partial charge is 0.351 e. The molecule has 1 aromatic heterocycles. The van der Waals surface area contributed by atoms with Gasteiger partial charge < -0.3 is 10.3 Å². The summed E-state index contributed by atoms with van der Waals surface area (Å²) in [6.45, 7) is 2.47. The zero-order chi connectivity index (χ0) is 14.8. The number of nitrogens with one attached hydrogen (secondary N) is 2. The third-order valence-electron chi connectivity index (χ3n) is 3.53. The Balaban J connectivity index is 1.76. The van der Waals surface area contributed by atoms with Crippen LogP contribution in [0.15, 0.2) is 48.5 Å². The zero-order valence-corrected chi connectivity index (χ0v) is 11.6. The Morgan fingerprint density at radius 3 is 2.81 bits per heavy atom. The number of carbonyl (C=O) groups excluding carboxylic acids is 1. The number of H-pyrrole nitrogens is 1. The van der Waals surface area contributed by atoms with E-state index in [1.54, 1.807) is 12.1 Å². The first-order valence-electron chi connectivity index (χ1n) is 6.74. The highest BCUT2D eigenvalue weighted by molar-refractivity contribution is 5.97. The van der Waals surface area contributed by atoms with Crippen LogP contribution in [-0.2, 0) is 6.54 Å². The molecular formula is C17H15FN2O. The molecule has 0 aliphatic carbocycles. The molecule has 0 spiro atoms. The van der Waals surface area contributed by atoms with E-state index in [4.69, 9.17) is 0 Å². The van der Waals surface area contributed by atoms with E-state index >= 15 is 0 Å². The number of aryl methyl sites for hydroxylation is 1. The fourth-order valence-corrected chi connectivity index (χ4v) is 2.30. The highest BCUT2D eigenvalue weighted by atomic mass is 19.1. The number of aromatic amines is 1. The summed E-state index contributed by atoms with van der Waals surface area (Å²) >= 11 is 0. The van der Waals surface area contributed by atoms with Gasteiger partial charge in [0.15, 0.2) is 0 Å². The van der Waals surface area contributed by atoms with Crippen LogP contribution >= 0.6 is 0 Å². The predicted molar refractivity (Wildman–Crippen MR) is 80.6 cm³/mol. The second-order valence-electron chi connectivity index (χ2n) is 5.02. The normalized spacial score (nSPS) is 10.8. The molecule has 2 N–H and O–H groups in total. The monoisotopic (exact) mass is 282 g/mol. The Kier molecular flexibility index (Phi) is 3.44. The van der Waals surface area contributed by atoms with Crippen molar-refractivity contribution >= 4 is 16.8 Å². The summed E-state index contributed by atoms with van der Waals surface area (Å²) in [4.78, 5) is 15.1. The van der Waals surface area contributed by atoms with Crippen molar-refractivity contribution in [3.05, 3.63) is 71.2 Å². The van der Waals surface area contributed by atoms with Gasteiger partial charge in [-0.25, -0.2) is 4.39 Å². The van der Waals surface area contributed by atoms with Gasteiger partial charge in [0.1, 0.15) is 11.5 Å². The van der Waals surface area contributed by atoms with E-state index in [1.807, 2.05) is 31.2 Å². The maximum Gasteiger partial charge on any atom is 0.267 e. The highest BCUT2D eigenvalue weighted by Crippen LogP contribution is 2.16. The third-order valence-corrected chi connectivity index (χ3v) is 3.53. The molecule has 106 valence electrons. The first kappa shape index (κ1) is 13.4. The van der Waals surface area contributed by atoms with Gasteiger partial charge in [0.2, 0.25) is 0 Å². The Labute approximate surface area is 121 Å². The van der Waals surface area contributed by atoms with Crippen molar-refractivity contribution in [2.45, 2.75) is 13.5 Å². The molecule has 0 unspecified atom stereocenters. The van der Waals surface area contributed by atoms with Crippen LogP contribution in [0.1, 0.15) is 21.6 Å². The van der Waals surface area contributed by atoms with Crippen molar-refractivity contribution in [3.8, 4) is 0 Å². The molecule has 0 aliphatic heterocycles. The van der Waals surface area contributed by atoms with Gasteiger partial charge in [-0.15, -0.1) is 0 Å². The number of halogens is 1. The van der Waals surface area contributed by atoms with E-state index in [0.29, 0.717) is 17.6 Å². The van der Waals surface area contributed by atoms with Crippen LogP contribution in [-0.4, -0.2) is 10.9 Å². The lowest BCUT2D eigenvalue weighted by Crippen LogP contribution is -2.23. The molecule has 0 bridgehead atoms. The summed E-state index contributed by atoms with van der Waals surface area (Å²) in [5.74, 6) is -0.511. The minimum Gasteiger partial charge on any atom is -0.351 e. The molecule has 0 saturated carbocycles. The molecule has 0 saturated heterocycles. The number of carbonyl (C=O) groups is 1. The minimum absolute atomic E-state index is 0.199. The minimum atomic E-state index is -0.312. The summed E-state index contributed by atoms with van der Waals surface area (Å²) in [5, 5.41) is 3.56. The van der Waals surface area contributed by atoms with Crippen molar-refractivity contribution in [1.82, 2.24) is 10.3 Å². The number of amides is 1. The molecule has 0 fully saturated rings. The maximum absolute atomic E-state index is 13.1. The average molecular weight is 282 g/mol. The van der Waals surface area contributed by atoms with Crippen molar-refractivity contribution in [2.75, 3.05) is 0 Å². The molecule has 3 rings (SSSR count). The van der Waals surface area contributed by atoms with Crippen molar-refractivity contribution < 1.29 is 9.18 Å². The molecule has 4 heteroatoms. The van der Waals surface area contributed by atoms with Crippen LogP contribution in [0, 0.1) is 12.7 Å². The Morgan fingerprint density at radius 2 is 2.00 bits per heavy atom. The Bertz CT molecular complexity index is 807. The van der Waals surface area contributed by atoms with Crippen LogP contribution in [0.3, 0.4) is 0 Å². The van der Waals surface area contributed by atoms with E-state index in [9.17, 15) is 9.18 Å². The summed E-state index contributed by atoms with van der Waals surface area (Å²) in [6.07, 6.45) is 0. The van der Waals surface area contributed by atoms with Gasteiger partial charge >= 0.3 is 0 Å². The first-order chi connectivity index (χ1) is 10.1. The van der Waals surface area contributed by atoms with Gasteiger partial charge in [-0.1, -0.05) is 24.3 Å². The zero-order valence-electron chi connectivity index (χ0n) is 11.6. The molecule has 1 amide bonds. The third kappa shape index (κ3) is 2.79. The number of rotatable bonds is 3. The molecule has 2 aromatic carbocycles. The molecule has 0 atom stereocenters. The number of hydrogen-bond donors (Lipinski definition) is 2. The summed E-state index contributed by atoms with van der Waals surface area (Å²) < 4.78 is 13.1. The second-order valence-corrected chi connectivity index (χ2v) is 5.02. The fraction of sp³-hybridized carbons (Fsp3) is 0.118. The molecule has 21 heavy (non-hydrogen) atoms. The lowest BCUT2D eigenvalue weighted by Gasteiger charge is -2.06. The van der Waals surface area contributed by atoms with E-state index in [0.717, 1.165) is 16.6 Å². The maximum atomic E-state index is 13.1. The predicted octanol–water partition coefficient (Wildman–Crippen LogP) is 3.55. The fourth-order valence-electron chi connectivity index (χ4n) is 2.30. The standard InChI is InChI=1S/C17H15FN2O/c1-11-4-2-3-5-12(11)10-19-17(21)16-9-13-8-14(18)6-7-15(13)20-16/h2-9,20H,10H2,1H3,(H,19,21). The van der Waals surface area contributed by atoms with Crippen LogP contribution in [0.25, 0.3) is 10.9 Å². The Hall–Kier alpha value is -2.62. The number of hydrogen-bond acceptors (Lipinski definition) is 1. The summed E-state index contributed by atoms with van der Waals surface area (Å²) in [6, 6.07) is 14.0. The first-order valence-corrected chi connectivity index (χ1v) is 6.74. The average Bonchev–Trinajstić information content (AvgIpc) is 2.89. The number of fused-ring (bicyclic) bond motifs is 1. The van der Waals surface area contributed by atoms with Gasteiger partial charge in [-0.2, -0.15) is 0 Å². The molecular weight excluding hydrogens is 267 g/mol. The van der Waals surface area contributed by atoms with Gasteiger partial charge in [0.05, 0.1) is 0 Å². The quantitative estimate of drug-likeness (QED) is 0.758. The van der Waals surface area contributed by atoms with E-state index in [1.165, 1.54) is 12.1 Å². The van der Waals surface area contributed by atoms with Crippen LogP contribution in [0.4, 0.5) is 4.39 Å². The number of benzene rings is 2. The van der Waals surface area contributed by atoms with Gasteiger partial charge in [-0.3, -0.25) is 4.79 Å². The van der Waals surface area contributed by atoms with Crippen molar-refractivity contribution in [1.29, 1.82) is 0 Å².